The van der Waals surface area contributed by atoms with Crippen LogP contribution in [0, 0.1) is 0 Å². The van der Waals surface area contributed by atoms with Gasteiger partial charge in [0.1, 0.15) is 0 Å². The molecule has 0 unspecified atom stereocenters. The summed E-state index contributed by atoms with van der Waals surface area (Å²) in [5, 5.41) is 7.22. The summed E-state index contributed by atoms with van der Waals surface area (Å²) in [5.74, 6) is 0. The second kappa shape index (κ2) is 12.3. The third-order valence-corrected chi connectivity index (χ3v) is 4.60. The van der Waals surface area contributed by atoms with Gasteiger partial charge in [0.2, 0.25) is 0 Å². The minimum atomic E-state index is 0.232. The van der Waals surface area contributed by atoms with Crippen molar-refractivity contribution in [2.24, 2.45) is 0 Å². The Bertz CT molecular complexity index is 658. The minimum Gasteiger partial charge on any atom is -0.312 e. The fraction of sp³-hybridized carbons (Fsp3) is 0.360. The first-order chi connectivity index (χ1) is 13.2. The average Bonchev–Trinajstić information content (AvgIpc) is 2.68. The van der Waals surface area contributed by atoms with Crippen LogP contribution >= 0.6 is 0 Å². The fourth-order valence-electron chi connectivity index (χ4n) is 3.06. The van der Waals surface area contributed by atoms with Crippen LogP contribution in [0.5, 0.6) is 0 Å². The van der Waals surface area contributed by atoms with E-state index in [1.807, 2.05) is 0 Å². The van der Waals surface area contributed by atoms with Crippen molar-refractivity contribution in [1.29, 1.82) is 0 Å². The molecule has 27 heavy (non-hydrogen) atoms. The minimum absolute atomic E-state index is 0.232. The van der Waals surface area contributed by atoms with Crippen molar-refractivity contribution in [2.75, 3.05) is 19.6 Å². The van der Waals surface area contributed by atoms with E-state index in [2.05, 4.69) is 104 Å². The molecule has 0 spiro atoms. The molecule has 0 amide bonds. The van der Waals surface area contributed by atoms with E-state index in [9.17, 15) is 0 Å². The Balaban J connectivity index is 1.77. The molecule has 2 aromatic rings. The van der Waals surface area contributed by atoms with Gasteiger partial charge in [-0.05, 0) is 44.7 Å². The van der Waals surface area contributed by atoms with Crippen LogP contribution < -0.4 is 10.6 Å². The van der Waals surface area contributed by atoms with Gasteiger partial charge in [0.15, 0.2) is 0 Å². The van der Waals surface area contributed by atoms with Crippen LogP contribution in [0.4, 0.5) is 0 Å². The Morgan fingerprint density at radius 3 is 1.96 bits per heavy atom. The smallest absolute Gasteiger partial charge is 0.0577 e. The molecular formula is C25H34N2. The average molecular weight is 363 g/mol. The van der Waals surface area contributed by atoms with E-state index in [4.69, 9.17) is 0 Å². The molecule has 0 saturated heterocycles. The third kappa shape index (κ3) is 8.38. The quantitative estimate of drug-likeness (QED) is 0.399. The van der Waals surface area contributed by atoms with Gasteiger partial charge in [-0.1, -0.05) is 84.0 Å². The zero-order chi connectivity index (χ0) is 19.3. The van der Waals surface area contributed by atoms with Gasteiger partial charge in [-0.2, -0.15) is 0 Å². The van der Waals surface area contributed by atoms with Crippen LogP contribution in [0.25, 0.3) is 0 Å². The zero-order valence-corrected chi connectivity index (χ0v) is 17.0. The number of hydrogen-bond donors (Lipinski definition) is 2. The molecule has 0 aliphatic carbocycles. The maximum Gasteiger partial charge on any atom is 0.0577 e. The van der Waals surface area contributed by atoms with Gasteiger partial charge in [0.05, 0.1) is 6.04 Å². The monoisotopic (exact) mass is 362 g/mol. The summed E-state index contributed by atoms with van der Waals surface area (Å²) < 4.78 is 0. The Morgan fingerprint density at radius 2 is 1.41 bits per heavy atom. The molecule has 2 rings (SSSR count). The summed E-state index contributed by atoms with van der Waals surface area (Å²) in [6.45, 7) is 9.35. The van der Waals surface area contributed by atoms with Crippen LogP contribution in [0.1, 0.15) is 50.8 Å². The van der Waals surface area contributed by atoms with E-state index in [1.165, 1.54) is 22.3 Å². The van der Waals surface area contributed by atoms with E-state index < -0.39 is 0 Å². The summed E-state index contributed by atoms with van der Waals surface area (Å²) in [5.41, 5.74) is 5.47. The van der Waals surface area contributed by atoms with Crippen LogP contribution in [0.15, 0.2) is 84.0 Å². The lowest BCUT2D eigenvalue weighted by molar-refractivity contribution is 0.578. The number of allylic oxidation sites excluding steroid dienone is 3. The zero-order valence-electron chi connectivity index (χ0n) is 17.0. The first kappa shape index (κ1) is 21.1. The van der Waals surface area contributed by atoms with E-state index >= 15 is 0 Å². The Kier molecular flexibility index (Phi) is 9.61. The maximum absolute atomic E-state index is 3.70. The first-order valence-electron chi connectivity index (χ1n) is 10.00. The summed E-state index contributed by atoms with van der Waals surface area (Å²) in [6.07, 6.45) is 6.91. The van der Waals surface area contributed by atoms with Gasteiger partial charge < -0.3 is 10.6 Å². The molecule has 0 aliphatic heterocycles. The highest BCUT2D eigenvalue weighted by Crippen LogP contribution is 2.21. The second-order valence-electron chi connectivity index (χ2n) is 7.28. The molecule has 0 radical (unpaired) electrons. The number of nitrogens with one attached hydrogen (secondary N) is 2. The molecule has 2 aromatic carbocycles. The predicted octanol–water partition coefficient (Wildman–Crippen LogP) is 5.65. The molecule has 2 heteroatoms. The molecular weight excluding hydrogens is 328 g/mol. The predicted molar refractivity (Wildman–Crippen MR) is 118 cm³/mol. The van der Waals surface area contributed by atoms with Crippen LogP contribution in [-0.4, -0.2) is 19.6 Å². The topological polar surface area (TPSA) is 24.1 Å². The summed E-state index contributed by atoms with van der Waals surface area (Å²) >= 11 is 0. The van der Waals surface area contributed by atoms with Crippen LogP contribution in [0.2, 0.25) is 0 Å². The maximum atomic E-state index is 3.70. The SMILES string of the molecule is CC(C)=CCCC(C)=CCNCCNC(c1ccccc1)c1ccccc1. The molecule has 0 atom stereocenters. The van der Waals surface area contributed by atoms with E-state index in [0.717, 1.165) is 32.5 Å². The van der Waals surface area contributed by atoms with E-state index in [1.54, 1.807) is 0 Å². The Hall–Kier alpha value is -2.16. The lowest BCUT2D eigenvalue weighted by Crippen LogP contribution is -2.31. The Morgan fingerprint density at radius 1 is 0.815 bits per heavy atom. The van der Waals surface area contributed by atoms with Crippen molar-refractivity contribution >= 4 is 0 Å². The fourth-order valence-corrected chi connectivity index (χ4v) is 3.06. The first-order valence-corrected chi connectivity index (χ1v) is 10.00. The normalized spacial score (nSPS) is 11.6. The van der Waals surface area contributed by atoms with Gasteiger partial charge in [-0.3, -0.25) is 0 Å². The molecule has 0 fully saturated rings. The molecule has 0 heterocycles. The second-order valence-corrected chi connectivity index (χ2v) is 7.28. The molecule has 144 valence electrons. The van der Waals surface area contributed by atoms with Crippen molar-refractivity contribution in [3.63, 3.8) is 0 Å². The number of benzene rings is 2. The summed E-state index contributed by atoms with van der Waals surface area (Å²) in [4.78, 5) is 0. The lowest BCUT2D eigenvalue weighted by atomic mass is 9.99. The van der Waals surface area contributed by atoms with E-state index in [-0.39, 0.29) is 6.04 Å². The van der Waals surface area contributed by atoms with Gasteiger partial charge in [0, 0.05) is 19.6 Å². The summed E-state index contributed by atoms with van der Waals surface area (Å²) in [6, 6.07) is 21.6. The van der Waals surface area contributed by atoms with Gasteiger partial charge in [-0.25, -0.2) is 0 Å². The van der Waals surface area contributed by atoms with Crippen LogP contribution in [-0.2, 0) is 0 Å². The molecule has 0 bridgehead atoms. The van der Waals surface area contributed by atoms with Crippen molar-refractivity contribution in [3.05, 3.63) is 95.1 Å². The molecule has 0 aliphatic rings. The van der Waals surface area contributed by atoms with Crippen molar-refractivity contribution < 1.29 is 0 Å². The van der Waals surface area contributed by atoms with Gasteiger partial charge in [-0.15, -0.1) is 0 Å². The largest absolute Gasteiger partial charge is 0.312 e. The highest BCUT2D eigenvalue weighted by atomic mass is 15.0. The standard InChI is InChI=1S/C25H34N2/c1-21(2)11-10-12-22(3)17-18-26-19-20-27-25(23-13-6-4-7-14-23)24-15-8-5-9-16-24/h4-9,11,13-17,25-27H,10,12,18-20H2,1-3H3. The van der Waals surface area contributed by atoms with Crippen molar-refractivity contribution in [2.45, 2.75) is 39.7 Å². The molecule has 0 saturated carbocycles. The lowest BCUT2D eigenvalue weighted by Gasteiger charge is -2.20. The third-order valence-electron chi connectivity index (χ3n) is 4.60. The van der Waals surface area contributed by atoms with Crippen LogP contribution in [0.3, 0.4) is 0 Å². The number of hydrogen-bond acceptors (Lipinski definition) is 2. The summed E-state index contributed by atoms with van der Waals surface area (Å²) in [7, 11) is 0. The Labute approximate surface area is 165 Å². The highest BCUT2D eigenvalue weighted by Gasteiger charge is 2.12. The molecule has 2 nitrogen and oxygen atoms in total. The number of rotatable bonds is 11. The molecule has 0 aromatic heterocycles. The van der Waals surface area contributed by atoms with Crippen molar-refractivity contribution in [3.8, 4) is 0 Å². The molecule has 2 N–H and O–H groups in total. The highest BCUT2D eigenvalue weighted by molar-refractivity contribution is 5.31. The van der Waals surface area contributed by atoms with Gasteiger partial charge >= 0.3 is 0 Å². The van der Waals surface area contributed by atoms with E-state index in [0.29, 0.717) is 0 Å². The van der Waals surface area contributed by atoms with Crippen molar-refractivity contribution in [1.82, 2.24) is 10.6 Å². The van der Waals surface area contributed by atoms with Gasteiger partial charge in [0.25, 0.3) is 0 Å².